The number of carbonyl (C=O) groups is 1. The molecule has 7 nitrogen and oxygen atoms in total. The van der Waals surface area contributed by atoms with Crippen molar-refractivity contribution in [1.82, 2.24) is 25.0 Å². The molecular formula is C25H27N5O2. The third kappa shape index (κ3) is 4.16. The van der Waals surface area contributed by atoms with E-state index in [-0.39, 0.29) is 24.4 Å². The molecule has 0 aliphatic carbocycles. The van der Waals surface area contributed by atoms with Crippen molar-refractivity contribution in [2.24, 2.45) is 0 Å². The number of carbonyl (C=O) groups excluding carboxylic acids is 1. The molecule has 5 rings (SSSR count). The van der Waals surface area contributed by atoms with Crippen LogP contribution in [-0.2, 0) is 24.3 Å². The number of hydrogen-bond donors (Lipinski definition) is 2. The Labute approximate surface area is 186 Å². The molecule has 7 heteroatoms. The standard InChI is InChI=1S/C25H27N5O2/c31-24(15-18-16-26-22-10-4-3-7-19(18)22)27-17-23-20-8-1-2-9-21(20)25(32)30(28-23)14-13-29-11-5-6-12-29/h1-4,7-10,16,26H,5-6,11-15,17H2,(H,27,31). The summed E-state index contributed by atoms with van der Waals surface area (Å²) in [5, 5.41) is 10.1. The SMILES string of the molecule is O=C(Cc1c[nH]c2ccccc12)NCc1nn(CCN2CCCC2)c(=O)c2ccccc12. The summed E-state index contributed by atoms with van der Waals surface area (Å²) < 4.78 is 1.56. The lowest BCUT2D eigenvalue weighted by molar-refractivity contribution is -0.120. The van der Waals surface area contributed by atoms with Crippen molar-refractivity contribution >= 4 is 27.6 Å². The molecule has 0 spiro atoms. The number of benzene rings is 2. The number of rotatable bonds is 7. The van der Waals surface area contributed by atoms with E-state index in [4.69, 9.17) is 0 Å². The Kier molecular flexibility index (Phi) is 5.73. The summed E-state index contributed by atoms with van der Waals surface area (Å²) in [6.45, 7) is 3.82. The minimum absolute atomic E-state index is 0.0737. The van der Waals surface area contributed by atoms with Gasteiger partial charge in [0, 0.05) is 29.0 Å². The first-order chi connectivity index (χ1) is 15.7. The van der Waals surface area contributed by atoms with Crippen LogP contribution >= 0.6 is 0 Å². The van der Waals surface area contributed by atoms with Crippen molar-refractivity contribution in [1.29, 1.82) is 0 Å². The number of aromatic nitrogens is 3. The van der Waals surface area contributed by atoms with Gasteiger partial charge in [-0.05, 0) is 43.6 Å². The number of amides is 1. The first kappa shape index (κ1) is 20.5. The number of hydrogen-bond acceptors (Lipinski definition) is 4. The number of nitrogens with zero attached hydrogens (tertiary/aromatic N) is 3. The maximum atomic E-state index is 13.0. The van der Waals surface area contributed by atoms with Crippen molar-refractivity contribution in [3.05, 3.63) is 76.3 Å². The first-order valence-electron chi connectivity index (χ1n) is 11.2. The molecule has 1 saturated heterocycles. The van der Waals surface area contributed by atoms with Gasteiger partial charge in [-0.3, -0.25) is 9.59 Å². The molecule has 0 unspecified atom stereocenters. The highest BCUT2D eigenvalue weighted by Gasteiger charge is 2.15. The lowest BCUT2D eigenvalue weighted by Gasteiger charge is -2.16. The molecule has 2 aromatic carbocycles. The van der Waals surface area contributed by atoms with Gasteiger partial charge in [-0.2, -0.15) is 5.10 Å². The van der Waals surface area contributed by atoms with E-state index in [1.165, 1.54) is 12.8 Å². The van der Waals surface area contributed by atoms with E-state index in [1.807, 2.05) is 54.7 Å². The van der Waals surface area contributed by atoms with Gasteiger partial charge in [0.15, 0.2) is 0 Å². The Hall–Kier alpha value is -3.45. The van der Waals surface area contributed by atoms with Crippen LogP contribution in [0.25, 0.3) is 21.7 Å². The molecular weight excluding hydrogens is 402 g/mol. The molecule has 0 atom stereocenters. The van der Waals surface area contributed by atoms with Gasteiger partial charge in [0.1, 0.15) is 0 Å². The van der Waals surface area contributed by atoms with Gasteiger partial charge >= 0.3 is 0 Å². The molecule has 0 radical (unpaired) electrons. The molecule has 1 aliphatic rings. The summed E-state index contributed by atoms with van der Waals surface area (Å²) in [6.07, 6.45) is 4.61. The Morgan fingerprint density at radius 3 is 2.50 bits per heavy atom. The zero-order valence-corrected chi connectivity index (χ0v) is 18.0. The Morgan fingerprint density at radius 2 is 1.69 bits per heavy atom. The van der Waals surface area contributed by atoms with Crippen molar-refractivity contribution in [2.45, 2.75) is 32.4 Å². The molecule has 32 heavy (non-hydrogen) atoms. The molecule has 1 fully saturated rings. The molecule has 1 aliphatic heterocycles. The number of likely N-dealkylation sites (tertiary alicyclic amines) is 1. The maximum Gasteiger partial charge on any atom is 0.274 e. The minimum atomic E-state index is -0.0753. The van der Waals surface area contributed by atoms with Crippen molar-refractivity contribution in [3.63, 3.8) is 0 Å². The molecule has 164 valence electrons. The van der Waals surface area contributed by atoms with E-state index in [1.54, 1.807) is 4.68 Å². The quantitative estimate of drug-likeness (QED) is 0.473. The zero-order valence-electron chi connectivity index (χ0n) is 18.0. The van der Waals surface area contributed by atoms with Gasteiger partial charge < -0.3 is 15.2 Å². The van der Waals surface area contributed by atoms with Crippen molar-refractivity contribution in [3.8, 4) is 0 Å². The van der Waals surface area contributed by atoms with Gasteiger partial charge in [0.05, 0.1) is 30.6 Å². The Morgan fingerprint density at radius 1 is 0.969 bits per heavy atom. The fourth-order valence-electron chi connectivity index (χ4n) is 4.53. The van der Waals surface area contributed by atoms with Crippen LogP contribution in [0.3, 0.4) is 0 Å². The second kappa shape index (κ2) is 8.96. The number of nitrogens with one attached hydrogen (secondary N) is 2. The van der Waals surface area contributed by atoms with Crippen LogP contribution in [0.15, 0.2) is 59.5 Å². The monoisotopic (exact) mass is 429 g/mol. The maximum absolute atomic E-state index is 13.0. The summed E-state index contributed by atoms with van der Waals surface area (Å²) in [5.74, 6) is -0.0737. The topological polar surface area (TPSA) is 83.0 Å². The first-order valence-corrected chi connectivity index (χ1v) is 11.2. The Bertz CT molecular complexity index is 1320. The van der Waals surface area contributed by atoms with Crippen LogP contribution in [0.1, 0.15) is 24.1 Å². The largest absolute Gasteiger partial charge is 0.361 e. The van der Waals surface area contributed by atoms with Crippen molar-refractivity contribution < 1.29 is 4.79 Å². The molecule has 1 amide bonds. The number of para-hydroxylation sites is 1. The molecule has 0 saturated carbocycles. The summed E-state index contributed by atoms with van der Waals surface area (Å²) in [5.41, 5.74) is 2.63. The lowest BCUT2D eigenvalue weighted by atomic mass is 10.1. The van der Waals surface area contributed by atoms with E-state index < -0.39 is 0 Å². The van der Waals surface area contributed by atoms with E-state index in [2.05, 4.69) is 20.3 Å². The smallest absolute Gasteiger partial charge is 0.274 e. The molecule has 0 bridgehead atoms. The normalized spacial score (nSPS) is 14.4. The number of aromatic amines is 1. The average Bonchev–Trinajstić information content (AvgIpc) is 3.48. The van der Waals surface area contributed by atoms with Crippen LogP contribution in [0.5, 0.6) is 0 Å². The van der Waals surface area contributed by atoms with E-state index in [0.29, 0.717) is 17.6 Å². The second-order valence-corrected chi connectivity index (χ2v) is 8.38. The van der Waals surface area contributed by atoms with Gasteiger partial charge in [0.2, 0.25) is 5.91 Å². The minimum Gasteiger partial charge on any atom is -0.361 e. The summed E-state index contributed by atoms with van der Waals surface area (Å²) in [7, 11) is 0. The molecule has 2 N–H and O–H groups in total. The Balaban J connectivity index is 1.34. The van der Waals surface area contributed by atoms with Gasteiger partial charge in [0.25, 0.3) is 5.56 Å². The van der Waals surface area contributed by atoms with Gasteiger partial charge in [-0.15, -0.1) is 0 Å². The number of fused-ring (bicyclic) bond motifs is 2. The zero-order chi connectivity index (χ0) is 21.9. The third-order valence-corrected chi connectivity index (χ3v) is 6.25. The van der Waals surface area contributed by atoms with Crippen LogP contribution in [0, 0.1) is 0 Å². The van der Waals surface area contributed by atoms with Gasteiger partial charge in [-0.25, -0.2) is 4.68 Å². The lowest BCUT2D eigenvalue weighted by Crippen LogP contribution is -2.33. The van der Waals surface area contributed by atoms with Gasteiger partial charge in [-0.1, -0.05) is 36.4 Å². The number of H-pyrrole nitrogens is 1. The van der Waals surface area contributed by atoms with E-state index >= 15 is 0 Å². The summed E-state index contributed by atoms with van der Waals surface area (Å²) in [4.78, 5) is 31.2. The second-order valence-electron chi connectivity index (χ2n) is 8.38. The van der Waals surface area contributed by atoms with E-state index in [0.717, 1.165) is 41.5 Å². The van der Waals surface area contributed by atoms with Crippen LogP contribution < -0.4 is 10.9 Å². The fraction of sp³-hybridized carbons (Fsp3) is 0.320. The average molecular weight is 430 g/mol. The van der Waals surface area contributed by atoms with E-state index in [9.17, 15) is 9.59 Å². The van der Waals surface area contributed by atoms with Crippen molar-refractivity contribution in [2.75, 3.05) is 19.6 Å². The summed E-state index contributed by atoms with van der Waals surface area (Å²) >= 11 is 0. The van der Waals surface area contributed by atoms with Crippen LogP contribution in [-0.4, -0.2) is 45.2 Å². The van der Waals surface area contributed by atoms with Crippen LogP contribution in [0.4, 0.5) is 0 Å². The molecule has 2 aromatic heterocycles. The highest BCUT2D eigenvalue weighted by molar-refractivity contribution is 5.89. The predicted molar refractivity (Wildman–Crippen MR) is 126 cm³/mol. The molecule has 4 aromatic rings. The van der Waals surface area contributed by atoms with Crippen LogP contribution in [0.2, 0.25) is 0 Å². The molecule has 3 heterocycles. The third-order valence-electron chi connectivity index (χ3n) is 6.25. The summed E-state index contributed by atoms with van der Waals surface area (Å²) in [6, 6.07) is 15.5. The fourth-order valence-corrected chi connectivity index (χ4v) is 4.53. The predicted octanol–water partition coefficient (Wildman–Crippen LogP) is 2.83. The highest BCUT2D eigenvalue weighted by atomic mass is 16.1. The highest BCUT2D eigenvalue weighted by Crippen LogP contribution is 2.18.